The second kappa shape index (κ2) is 7.06. The lowest BCUT2D eigenvalue weighted by Gasteiger charge is -1.81. The molecule has 1 heterocycles. The topological polar surface area (TPSA) is 60.7 Å². The van der Waals surface area contributed by atoms with Gasteiger partial charge in [-0.3, -0.25) is 0 Å². The van der Waals surface area contributed by atoms with Gasteiger partial charge in [-0.15, -0.1) is 6.58 Å². The molecule has 12 heavy (non-hydrogen) atoms. The zero-order valence-electron chi connectivity index (χ0n) is 6.55. The minimum atomic E-state index is -2.17. The predicted octanol–water partition coefficient (Wildman–Crippen LogP) is 0.425. The first-order chi connectivity index (χ1) is 5.66. The SMILES string of the molecule is C=CCc1ccsc1.OB(O)O. The smallest absolute Gasteiger partial charge is 0.402 e. The maximum Gasteiger partial charge on any atom is 0.631 e. The minimum Gasteiger partial charge on any atom is -0.402 e. The third kappa shape index (κ3) is 7.49. The van der Waals surface area contributed by atoms with Gasteiger partial charge in [0.05, 0.1) is 0 Å². The summed E-state index contributed by atoms with van der Waals surface area (Å²) in [7, 11) is -2.17. The van der Waals surface area contributed by atoms with E-state index in [-0.39, 0.29) is 0 Å². The van der Waals surface area contributed by atoms with Gasteiger partial charge in [0.25, 0.3) is 0 Å². The van der Waals surface area contributed by atoms with Crippen LogP contribution in [0, 0.1) is 0 Å². The molecule has 0 atom stereocenters. The van der Waals surface area contributed by atoms with Crippen LogP contribution in [0.4, 0.5) is 0 Å². The van der Waals surface area contributed by atoms with E-state index in [1.165, 1.54) is 5.56 Å². The molecule has 0 aliphatic carbocycles. The van der Waals surface area contributed by atoms with Gasteiger partial charge in [0, 0.05) is 0 Å². The van der Waals surface area contributed by atoms with Crippen molar-refractivity contribution in [1.29, 1.82) is 0 Å². The van der Waals surface area contributed by atoms with Crippen molar-refractivity contribution in [2.75, 3.05) is 0 Å². The molecule has 1 aromatic rings. The van der Waals surface area contributed by atoms with Gasteiger partial charge in [-0.2, -0.15) is 11.3 Å². The van der Waals surface area contributed by atoms with Crippen LogP contribution in [0.5, 0.6) is 0 Å². The molecule has 0 bridgehead atoms. The standard InChI is InChI=1S/C7H8S.BH3O3/c1-2-3-7-4-5-8-6-7;2-1(3)4/h2,4-6H,1,3H2;2-4H. The minimum absolute atomic E-state index is 1.00. The van der Waals surface area contributed by atoms with Crippen LogP contribution in [0.25, 0.3) is 0 Å². The summed E-state index contributed by atoms with van der Waals surface area (Å²) in [5.41, 5.74) is 1.37. The monoisotopic (exact) mass is 186 g/mol. The van der Waals surface area contributed by atoms with Gasteiger partial charge < -0.3 is 15.1 Å². The molecule has 66 valence electrons. The van der Waals surface area contributed by atoms with E-state index in [1.807, 2.05) is 6.08 Å². The molecule has 0 amide bonds. The van der Waals surface area contributed by atoms with Crippen LogP contribution in [0.1, 0.15) is 5.56 Å². The average Bonchev–Trinajstić information content (AvgIpc) is 2.39. The van der Waals surface area contributed by atoms with Crippen LogP contribution >= 0.6 is 11.3 Å². The Morgan fingerprint density at radius 3 is 2.42 bits per heavy atom. The fraction of sp³-hybridized carbons (Fsp3) is 0.143. The molecule has 5 heteroatoms. The molecular formula is C7H11BO3S. The Bertz CT molecular complexity index is 196. The molecule has 0 aliphatic rings. The van der Waals surface area contributed by atoms with Crippen LogP contribution in [0.15, 0.2) is 29.5 Å². The van der Waals surface area contributed by atoms with Crippen molar-refractivity contribution in [2.45, 2.75) is 6.42 Å². The molecule has 0 radical (unpaired) electrons. The largest absolute Gasteiger partial charge is 0.631 e. The molecule has 1 rings (SSSR count). The zero-order valence-corrected chi connectivity index (χ0v) is 7.37. The molecular weight excluding hydrogens is 175 g/mol. The number of hydrogen-bond acceptors (Lipinski definition) is 4. The zero-order chi connectivity index (χ0) is 9.40. The summed E-state index contributed by atoms with van der Waals surface area (Å²) in [5.74, 6) is 0. The van der Waals surface area contributed by atoms with E-state index < -0.39 is 7.32 Å². The van der Waals surface area contributed by atoms with Crippen LogP contribution in [0.2, 0.25) is 0 Å². The number of thiophene rings is 1. The highest BCUT2D eigenvalue weighted by Crippen LogP contribution is 2.05. The molecule has 0 saturated carbocycles. The Morgan fingerprint density at radius 1 is 1.50 bits per heavy atom. The Balaban J connectivity index is 0.000000261. The highest BCUT2D eigenvalue weighted by molar-refractivity contribution is 7.07. The first kappa shape index (κ1) is 11.4. The van der Waals surface area contributed by atoms with Crippen LogP contribution in [-0.2, 0) is 6.42 Å². The lowest BCUT2D eigenvalue weighted by Crippen LogP contribution is -2.07. The number of hydrogen-bond donors (Lipinski definition) is 3. The predicted molar refractivity (Wildman–Crippen MR) is 50.6 cm³/mol. The van der Waals surface area contributed by atoms with E-state index in [2.05, 4.69) is 23.4 Å². The fourth-order valence-electron chi connectivity index (χ4n) is 0.575. The lowest BCUT2D eigenvalue weighted by atomic mass is 10.2. The van der Waals surface area contributed by atoms with Crippen molar-refractivity contribution in [3.05, 3.63) is 35.0 Å². The summed E-state index contributed by atoms with van der Waals surface area (Å²) in [6.07, 6.45) is 2.92. The Labute approximate surface area is 75.8 Å². The second-order valence-corrected chi connectivity index (χ2v) is 2.75. The summed E-state index contributed by atoms with van der Waals surface area (Å²) in [5, 5.41) is 25.7. The van der Waals surface area contributed by atoms with Crippen molar-refractivity contribution in [3.63, 3.8) is 0 Å². The highest BCUT2D eigenvalue weighted by atomic mass is 32.1. The van der Waals surface area contributed by atoms with Gasteiger partial charge in [0.2, 0.25) is 0 Å². The molecule has 3 N–H and O–H groups in total. The number of rotatable bonds is 2. The average molecular weight is 186 g/mol. The van der Waals surface area contributed by atoms with Crippen LogP contribution < -0.4 is 0 Å². The quantitative estimate of drug-likeness (QED) is 0.463. The van der Waals surface area contributed by atoms with Gasteiger partial charge in [-0.1, -0.05) is 6.08 Å². The Kier molecular flexibility index (Phi) is 6.70. The molecule has 0 aromatic carbocycles. The van der Waals surface area contributed by atoms with E-state index in [0.29, 0.717) is 0 Å². The normalized spacial score (nSPS) is 8.25. The van der Waals surface area contributed by atoms with E-state index in [4.69, 9.17) is 15.1 Å². The van der Waals surface area contributed by atoms with Gasteiger partial charge >= 0.3 is 7.32 Å². The third-order valence-electron chi connectivity index (χ3n) is 0.960. The van der Waals surface area contributed by atoms with Crippen LogP contribution in [-0.4, -0.2) is 22.4 Å². The summed E-state index contributed by atoms with van der Waals surface area (Å²) in [6, 6.07) is 2.12. The first-order valence-corrected chi connectivity index (χ1v) is 4.27. The van der Waals surface area contributed by atoms with E-state index in [1.54, 1.807) is 11.3 Å². The van der Waals surface area contributed by atoms with Crippen molar-refractivity contribution < 1.29 is 15.1 Å². The summed E-state index contributed by atoms with van der Waals surface area (Å²) in [4.78, 5) is 0. The van der Waals surface area contributed by atoms with Gasteiger partial charge in [0.1, 0.15) is 0 Å². The van der Waals surface area contributed by atoms with Crippen molar-refractivity contribution >= 4 is 18.7 Å². The first-order valence-electron chi connectivity index (χ1n) is 3.33. The van der Waals surface area contributed by atoms with Crippen molar-refractivity contribution in [1.82, 2.24) is 0 Å². The molecule has 0 aliphatic heterocycles. The van der Waals surface area contributed by atoms with Gasteiger partial charge in [-0.25, -0.2) is 0 Å². The molecule has 0 unspecified atom stereocenters. The molecule has 1 aromatic heterocycles. The molecule has 0 fully saturated rings. The van der Waals surface area contributed by atoms with E-state index >= 15 is 0 Å². The van der Waals surface area contributed by atoms with Crippen molar-refractivity contribution in [3.8, 4) is 0 Å². The summed E-state index contributed by atoms with van der Waals surface area (Å²) in [6.45, 7) is 3.64. The fourth-order valence-corrected chi connectivity index (χ4v) is 1.26. The maximum absolute atomic E-state index is 7.17. The number of allylic oxidation sites excluding steroid dienone is 1. The molecule has 0 saturated heterocycles. The van der Waals surface area contributed by atoms with E-state index in [9.17, 15) is 0 Å². The molecule has 3 nitrogen and oxygen atoms in total. The maximum atomic E-state index is 7.17. The van der Waals surface area contributed by atoms with E-state index in [0.717, 1.165) is 6.42 Å². The third-order valence-corrected chi connectivity index (χ3v) is 1.69. The Morgan fingerprint density at radius 2 is 2.08 bits per heavy atom. The Hall–Kier alpha value is -0.615. The molecule has 0 spiro atoms. The summed E-state index contributed by atoms with van der Waals surface area (Å²) < 4.78 is 0. The highest BCUT2D eigenvalue weighted by Gasteiger charge is 1.92. The van der Waals surface area contributed by atoms with Crippen molar-refractivity contribution in [2.24, 2.45) is 0 Å². The van der Waals surface area contributed by atoms with Gasteiger partial charge in [-0.05, 0) is 28.8 Å². The van der Waals surface area contributed by atoms with Crippen LogP contribution in [0.3, 0.4) is 0 Å². The second-order valence-electron chi connectivity index (χ2n) is 1.97. The lowest BCUT2D eigenvalue weighted by molar-refractivity contribution is 0.278. The van der Waals surface area contributed by atoms with Gasteiger partial charge in [0.15, 0.2) is 0 Å². The summed E-state index contributed by atoms with van der Waals surface area (Å²) >= 11 is 1.73.